The number of rotatable bonds is 7. The predicted octanol–water partition coefficient (Wildman–Crippen LogP) is 1.03. The van der Waals surface area contributed by atoms with E-state index in [1.165, 1.54) is 6.07 Å². The normalized spacial score (nSPS) is 12.1. The van der Waals surface area contributed by atoms with Crippen LogP contribution >= 0.6 is 11.6 Å². The van der Waals surface area contributed by atoms with E-state index in [4.69, 9.17) is 17.3 Å². The minimum absolute atomic E-state index is 0.0852. The second-order valence-corrected chi connectivity index (χ2v) is 6.67. The number of nitrogens with zero attached hydrogens (tertiary/aromatic N) is 1. The molecule has 0 aliphatic carbocycles. The number of benzene rings is 1. The molecule has 0 unspecified atom stereocenters. The molecule has 19 heavy (non-hydrogen) atoms. The van der Waals surface area contributed by atoms with E-state index in [9.17, 15) is 8.42 Å². The molecular formula is C12H20ClN3O2S. The highest BCUT2D eigenvalue weighted by Crippen LogP contribution is 2.22. The molecule has 0 heterocycles. The van der Waals surface area contributed by atoms with E-state index in [0.717, 1.165) is 18.5 Å². The summed E-state index contributed by atoms with van der Waals surface area (Å²) < 4.78 is 26.8. The average molecular weight is 306 g/mol. The van der Waals surface area contributed by atoms with E-state index in [0.29, 0.717) is 6.54 Å². The molecule has 0 aliphatic heterocycles. The van der Waals surface area contributed by atoms with E-state index in [2.05, 4.69) is 4.72 Å². The standard InChI is InChI=1S/C12H20ClN3O2S/c1-16(2)7-3-6-15-19(17,18)12-8-10(9-14)4-5-11(12)13/h4-5,8,15H,3,6-7,9,14H2,1-2H3. The Morgan fingerprint density at radius 1 is 1.37 bits per heavy atom. The van der Waals surface area contributed by atoms with Gasteiger partial charge in [-0.3, -0.25) is 0 Å². The van der Waals surface area contributed by atoms with Crippen molar-refractivity contribution < 1.29 is 8.42 Å². The number of nitrogens with one attached hydrogen (secondary N) is 1. The van der Waals surface area contributed by atoms with E-state index in [-0.39, 0.29) is 16.5 Å². The van der Waals surface area contributed by atoms with Crippen molar-refractivity contribution in [1.82, 2.24) is 9.62 Å². The quantitative estimate of drug-likeness (QED) is 0.738. The summed E-state index contributed by atoms with van der Waals surface area (Å²) in [5.74, 6) is 0. The van der Waals surface area contributed by atoms with Crippen LogP contribution in [0.4, 0.5) is 0 Å². The molecule has 0 spiro atoms. The second-order valence-electron chi connectivity index (χ2n) is 4.52. The van der Waals surface area contributed by atoms with Crippen LogP contribution in [0.3, 0.4) is 0 Å². The molecule has 108 valence electrons. The largest absolute Gasteiger partial charge is 0.326 e. The molecule has 5 nitrogen and oxygen atoms in total. The molecule has 0 bridgehead atoms. The Morgan fingerprint density at radius 2 is 2.05 bits per heavy atom. The molecule has 0 saturated carbocycles. The Kier molecular flexibility index (Phi) is 6.22. The predicted molar refractivity (Wildman–Crippen MR) is 77.7 cm³/mol. The Morgan fingerprint density at radius 3 is 2.63 bits per heavy atom. The first-order valence-electron chi connectivity index (χ1n) is 5.99. The fraction of sp³-hybridized carbons (Fsp3) is 0.500. The van der Waals surface area contributed by atoms with Gasteiger partial charge in [0.05, 0.1) is 5.02 Å². The van der Waals surface area contributed by atoms with Crippen molar-refractivity contribution in [2.45, 2.75) is 17.9 Å². The van der Waals surface area contributed by atoms with Gasteiger partial charge in [-0.2, -0.15) is 0 Å². The zero-order valence-corrected chi connectivity index (χ0v) is 12.8. The lowest BCUT2D eigenvalue weighted by Crippen LogP contribution is -2.27. The summed E-state index contributed by atoms with van der Waals surface area (Å²) in [6.07, 6.45) is 0.737. The van der Waals surface area contributed by atoms with E-state index in [1.807, 2.05) is 19.0 Å². The third-order valence-electron chi connectivity index (χ3n) is 2.60. The highest BCUT2D eigenvalue weighted by molar-refractivity contribution is 7.89. The first-order chi connectivity index (χ1) is 8.86. The van der Waals surface area contributed by atoms with Crippen molar-refractivity contribution in [3.05, 3.63) is 28.8 Å². The van der Waals surface area contributed by atoms with Gasteiger partial charge >= 0.3 is 0 Å². The summed E-state index contributed by atoms with van der Waals surface area (Å²) in [5.41, 5.74) is 6.24. The lowest BCUT2D eigenvalue weighted by molar-refractivity contribution is 0.400. The van der Waals surface area contributed by atoms with Crippen LogP contribution in [0, 0.1) is 0 Å². The molecule has 1 aromatic carbocycles. The first kappa shape index (κ1) is 16.4. The van der Waals surface area contributed by atoms with Gasteiger partial charge in [-0.05, 0) is 44.8 Å². The summed E-state index contributed by atoms with van der Waals surface area (Å²) in [6.45, 7) is 1.48. The Bertz CT molecular complexity index is 518. The molecule has 0 fully saturated rings. The third kappa shape index (κ3) is 5.08. The van der Waals surface area contributed by atoms with Crippen molar-refractivity contribution in [2.75, 3.05) is 27.2 Å². The Balaban J connectivity index is 2.77. The summed E-state index contributed by atoms with van der Waals surface area (Å²) >= 11 is 5.93. The zero-order valence-electron chi connectivity index (χ0n) is 11.2. The molecule has 0 amide bonds. The topological polar surface area (TPSA) is 75.4 Å². The highest BCUT2D eigenvalue weighted by atomic mass is 35.5. The minimum Gasteiger partial charge on any atom is -0.326 e. The molecule has 7 heteroatoms. The van der Waals surface area contributed by atoms with Crippen LogP contribution in [0.15, 0.2) is 23.1 Å². The van der Waals surface area contributed by atoms with Gasteiger partial charge < -0.3 is 10.6 Å². The molecule has 3 N–H and O–H groups in total. The van der Waals surface area contributed by atoms with Gasteiger partial charge in [0.2, 0.25) is 10.0 Å². The molecule has 0 atom stereocenters. The lowest BCUT2D eigenvalue weighted by Gasteiger charge is -2.11. The highest BCUT2D eigenvalue weighted by Gasteiger charge is 2.17. The second kappa shape index (κ2) is 7.21. The SMILES string of the molecule is CN(C)CCCNS(=O)(=O)c1cc(CN)ccc1Cl. The van der Waals surface area contributed by atoms with Crippen LogP contribution in [0.2, 0.25) is 5.02 Å². The van der Waals surface area contributed by atoms with Crippen LogP contribution in [0.1, 0.15) is 12.0 Å². The first-order valence-corrected chi connectivity index (χ1v) is 7.86. The van der Waals surface area contributed by atoms with E-state index >= 15 is 0 Å². The van der Waals surface area contributed by atoms with Crippen molar-refractivity contribution >= 4 is 21.6 Å². The van der Waals surface area contributed by atoms with Gasteiger partial charge in [-0.1, -0.05) is 17.7 Å². The van der Waals surface area contributed by atoms with Crippen LogP contribution < -0.4 is 10.5 Å². The molecule has 1 rings (SSSR count). The van der Waals surface area contributed by atoms with E-state index < -0.39 is 10.0 Å². The van der Waals surface area contributed by atoms with Crippen LogP contribution in [-0.4, -0.2) is 40.5 Å². The number of nitrogens with two attached hydrogens (primary N) is 1. The van der Waals surface area contributed by atoms with Crippen molar-refractivity contribution in [3.8, 4) is 0 Å². The maximum Gasteiger partial charge on any atom is 0.242 e. The third-order valence-corrected chi connectivity index (χ3v) is 4.54. The fourth-order valence-corrected chi connectivity index (χ4v) is 3.18. The monoisotopic (exact) mass is 305 g/mol. The average Bonchev–Trinajstić information content (AvgIpc) is 2.35. The summed E-state index contributed by atoms with van der Waals surface area (Å²) in [7, 11) is 0.304. The molecule has 0 aliphatic rings. The van der Waals surface area contributed by atoms with Crippen LogP contribution in [0.25, 0.3) is 0 Å². The number of hydrogen-bond acceptors (Lipinski definition) is 4. The van der Waals surface area contributed by atoms with Crippen LogP contribution in [-0.2, 0) is 16.6 Å². The van der Waals surface area contributed by atoms with Crippen molar-refractivity contribution in [1.29, 1.82) is 0 Å². The molecular weight excluding hydrogens is 286 g/mol. The maximum atomic E-state index is 12.1. The Labute approximate surface area is 119 Å². The number of hydrogen-bond donors (Lipinski definition) is 2. The van der Waals surface area contributed by atoms with Gasteiger partial charge in [0.1, 0.15) is 4.90 Å². The lowest BCUT2D eigenvalue weighted by atomic mass is 10.2. The number of sulfonamides is 1. The smallest absolute Gasteiger partial charge is 0.242 e. The van der Waals surface area contributed by atoms with Gasteiger partial charge in [-0.25, -0.2) is 13.1 Å². The zero-order chi connectivity index (χ0) is 14.5. The number of halogens is 1. The molecule has 0 saturated heterocycles. The van der Waals surface area contributed by atoms with E-state index in [1.54, 1.807) is 12.1 Å². The summed E-state index contributed by atoms with van der Waals surface area (Å²) in [4.78, 5) is 2.08. The maximum absolute atomic E-state index is 12.1. The van der Waals surface area contributed by atoms with Gasteiger partial charge in [0, 0.05) is 13.1 Å². The summed E-state index contributed by atoms with van der Waals surface area (Å²) in [5, 5.41) is 0.206. The van der Waals surface area contributed by atoms with Gasteiger partial charge in [0.25, 0.3) is 0 Å². The van der Waals surface area contributed by atoms with Gasteiger partial charge in [-0.15, -0.1) is 0 Å². The van der Waals surface area contributed by atoms with Crippen molar-refractivity contribution in [3.63, 3.8) is 0 Å². The fourth-order valence-electron chi connectivity index (χ4n) is 1.56. The molecule has 1 aromatic rings. The molecule has 0 radical (unpaired) electrons. The van der Waals surface area contributed by atoms with Gasteiger partial charge in [0.15, 0.2) is 0 Å². The van der Waals surface area contributed by atoms with Crippen LogP contribution in [0.5, 0.6) is 0 Å². The molecule has 0 aromatic heterocycles. The summed E-state index contributed by atoms with van der Waals surface area (Å²) in [6, 6.07) is 4.78. The minimum atomic E-state index is -3.58. The Hall–Kier alpha value is -0.660. The van der Waals surface area contributed by atoms with Crippen molar-refractivity contribution in [2.24, 2.45) is 5.73 Å².